The minimum absolute atomic E-state index is 0.220. The molecule has 0 radical (unpaired) electrons. The number of ether oxygens (including phenoxy) is 1. The van der Waals surface area contributed by atoms with E-state index >= 15 is 0 Å². The molecule has 0 saturated carbocycles. The summed E-state index contributed by atoms with van der Waals surface area (Å²) in [7, 11) is 1.47. The smallest absolute Gasteiger partial charge is 0.245 e. The van der Waals surface area contributed by atoms with Crippen LogP contribution in [0.25, 0.3) is 0 Å². The van der Waals surface area contributed by atoms with Crippen molar-refractivity contribution in [1.82, 2.24) is 0 Å². The van der Waals surface area contributed by atoms with Gasteiger partial charge in [0.05, 0.1) is 11.8 Å². The van der Waals surface area contributed by atoms with E-state index in [9.17, 15) is 9.18 Å². The number of amides is 1. The van der Waals surface area contributed by atoms with Crippen LogP contribution in [0, 0.1) is 5.82 Å². The Morgan fingerprint density at radius 1 is 1.53 bits per heavy atom. The Labute approximate surface area is 100.0 Å². The molecule has 2 atom stereocenters. The van der Waals surface area contributed by atoms with Crippen LogP contribution in [0.2, 0.25) is 0 Å². The lowest BCUT2D eigenvalue weighted by Crippen LogP contribution is -2.56. The summed E-state index contributed by atoms with van der Waals surface area (Å²) in [5.74, 6) is -1.04. The van der Waals surface area contributed by atoms with E-state index in [0.29, 0.717) is 0 Å². The van der Waals surface area contributed by atoms with Gasteiger partial charge in [-0.15, -0.1) is 0 Å². The first-order chi connectivity index (χ1) is 7.91. The number of halogens is 1. The summed E-state index contributed by atoms with van der Waals surface area (Å²) < 4.78 is 18.6. The second kappa shape index (κ2) is 5.14. The van der Waals surface area contributed by atoms with Crippen molar-refractivity contribution >= 4 is 11.6 Å². The molecular formula is C12H17FN2O2. The fraction of sp³-hybridized carbons (Fsp3) is 0.417. The SMILES string of the molecule is COC(C)C(C)(Nc1ccccc1F)C(N)=O. The maximum atomic E-state index is 13.5. The van der Waals surface area contributed by atoms with Crippen LogP contribution in [0.4, 0.5) is 10.1 Å². The maximum Gasteiger partial charge on any atom is 0.245 e. The summed E-state index contributed by atoms with van der Waals surface area (Å²) in [4.78, 5) is 11.5. The number of primary amides is 1. The van der Waals surface area contributed by atoms with Crippen LogP contribution >= 0.6 is 0 Å². The van der Waals surface area contributed by atoms with Gasteiger partial charge in [-0.05, 0) is 26.0 Å². The molecule has 0 bridgehead atoms. The number of nitrogens with two attached hydrogens (primary N) is 1. The van der Waals surface area contributed by atoms with Crippen molar-refractivity contribution in [2.75, 3.05) is 12.4 Å². The normalized spacial score (nSPS) is 16.0. The third-order valence-electron chi connectivity index (χ3n) is 2.95. The van der Waals surface area contributed by atoms with Crippen LogP contribution in [0.1, 0.15) is 13.8 Å². The number of methoxy groups -OCH3 is 1. The molecule has 17 heavy (non-hydrogen) atoms. The quantitative estimate of drug-likeness (QED) is 0.820. The maximum absolute atomic E-state index is 13.5. The van der Waals surface area contributed by atoms with Crippen molar-refractivity contribution in [3.05, 3.63) is 30.1 Å². The first-order valence-electron chi connectivity index (χ1n) is 5.27. The van der Waals surface area contributed by atoms with Crippen LogP contribution < -0.4 is 11.1 Å². The van der Waals surface area contributed by atoms with E-state index in [1.807, 2.05) is 0 Å². The van der Waals surface area contributed by atoms with E-state index in [2.05, 4.69) is 5.32 Å². The Morgan fingerprint density at radius 3 is 2.59 bits per heavy atom. The zero-order valence-corrected chi connectivity index (χ0v) is 10.2. The lowest BCUT2D eigenvalue weighted by atomic mass is 9.94. The number of carbonyl (C=O) groups excluding carboxylic acids is 1. The van der Waals surface area contributed by atoms with Crippen LogP contribution in [0.15, 0.2) is 24.3 Å². The van der Waals surface area contributed by atoms with E-state index in [-0.39, 0.29) is 5.69 Å². The van der Waals surface area contributed by atoms with Gasteiger partial charge in [0.1, 0.15) is 11.4 Å². The third-order valence-corrected chi connectivity index (χ3v) is 2.95. The predicted octanol–water partition coefficient (Wildman–Crippen LogP) is 1.52. The lowest BCUT2D eigenvalue weighted by molar-refractivity contribution is -0.125. The van der Waals surface area contributed by atoms with Gasteiger partial charge in [-0.1, -0.05) is 12.1 Å². The highest BCUT2D eigenvalue weighted by Crippen LogP contribution is 2.22. The minimum atomic E-state index is -1.17. The van der Waals surface area contributed by atoms with Gasteiger partial charge >= 0.3 is 0 Å². The topological polar surface area (TPSA) is 64.3 Å². The van der Waals surface area contributed by atoms with Gasteiger partial charge in [0.25, 0.3) is 0 Å². The van der Waals surface area contributed by atoms with Gasteiger partial charge in [0, 0.05) is 7.11 Å². The second-order valence-electron chi connectivity index (χ2n) is 4.05. The van der Waals surface area contributed by atoms with Crippen molar-refractivity contribution in [3.8, 4) is 0 Å². The Morgan fingerprint density at radius 2 is 2.12 bits per heavy atom. The molecule has 1 aromatic carbocycles. The summed E-state index contributed by atoms with van der Waals surface area (Å²) in [6, 6.07) is 6.09. The first-order valence-corrected chi connectivity index (χ1v) is 5.27. The predicted molar refractivity (Wildman–Crippen MR) is 64.1 cm³/mol. The number of benzene rings is 1. The van der Waals surface area contributed by atoms with Crippen molar-refractivity contribution in [2.45, 2.75) is 25.5 Å². The zero-order valence-electron chi connectivity index (χ0n) is 10.2. The van der Waals surface area contributed by atoms with Crippen molar-refractivity contribution in [3.63, 3.8) is 0 Å². The molecule has 0 spiro atoms. The number of hydrogen-bond acceptors (Lipinski definition) is 3. The average Bonchev–Trinajstić information content (AvgIpc) is 2.30. The fourth-order valence-electron chi connectivity index (χ4n) is 1.44. The lowest BCUT2D eigenvalue weighted by Gasteiger charge is -2.33. The molecule has 2 unspecified atom stereocenters. The van der Waals surface area contributed by atoms with E-state index < -0.39 is 23.4 Å². The van der Waals surface area contributed by atoms with Gasteiger partial charge in [-0.3, -0.25) is 4.79 Å². The van der Waals surface area contributed by atoms with Crippen LogP contribution in [-0.4, -0.2) is 24.7 Å². The molecule has 94 valence electrons. The van der Waals surface area contributed by atoms with E-state index in [1.165, 1.54) is 13.2 Å². The molecule has 0 aromatic heterocycles. The van der Waals surface area contributed by atoms with Crippen LogP contribution in [0.5, 0.6) is 0 Å². The molecule has 0 fully saturated rings. The van der Waals surface area contributed by atoms with Gasteiger partial charge < -0.3 is 15.8 Å². The largest absolute Gasteiger partial charge is 0.379 e. The highest BCUT2D eigenvalue weighted by molar-refractivity contribution is 5.88. The van der Waals surface area contributed by atoms with E-state index in [4.69, 9.17) is 10.5 Å². The fourth-order valence-corrected chi connectivity index (χ4v) is 1.44. The van der Waals surface area contributed by atoms with Crippen molar-refractivity contribution in [1.29, 1.82) is 0 Å². The summed E-state index contributed by atoms with van der Waals surface area (Å²) in [5.41, 5.74) is 4.39. The Bertz CT molecular complexity index is 411. The molecule has 4 nitrogen and oxygen atoms in total. The molecule has 3 N–H and O–H groups in total. The third kappa shape index (κ3) is 2.74. The monoisotopic (exact) mass is 240 g/mol. The molecule has 0 aliphatic rings. The number of nitrogens with one attached hydrogen (secondary N) is 1. The Hall–Kier alpha value is -1.62. The molecule has 1 amide bonds. The van der Waals surface area contributed by atoms with Crippen molar-refractivity contribution in [2.24, 2.45) is 5.73 Å². The molecule has 0 aliphatic carbocycles. The summed E-state index contributed by atoms with van der Waals surface area (Å²) in [5, 5.41) is 2.80. The molecule has 0 aliphatic heterocycles. The molecule has 1 aromatic rings. The Kier molecular flexibility index (Phi) is 4.07. The minimum Gasteiger partial charge on any atom is -0.379 e. The van der Waals surface area contributed by atoms with Gasteiger partial charge in [-0.25, -0.2) is 4.39 Å². The number of rotatable bonds is 5. The van der Waals surface area contributed by atoms with Gasteiger partial charge in [0.2, 0.25) is 5.91 Å². The second-order valence-corrected chi connectivity index (χ2v) is 4.05. The molecule has 1 rings (SSSR count). The molecule has 5 heteroatoms. The number of anilines is 1. The summed E-state index contributed by atoms with van der Waals surface area (Å²) in [6.45, 7) is 3.27. The number of para-hydroxylation sites is 1. The standard InChI is InChI=1S/C12H17FN2O2/c1-8(17-3)12(2,11(14)16)15-10-7-5-4-6-9(10)13/h4-8,15H,1-3H3,(H2,14,16). The van der Waals surface area contributed by atoms with Gasteiger partial charge in [-0.2, -0.15) is 0 Å². The highest BCUT2D eigenvalue weighted by atomic mass is 19.1. The first kappa shape index (κ1) is 13.4. The number of carbonyl (C=O) groups is 1. The van der Waals surface area contributed by atoms with E-state index in [0.717, 1.165) is 0 Å². The Balaban J connectivity index is 3.03. The van der Waals surface area contributed by atoms with Crippen LogP contribution in [-0.2, 0) is 9.53 Å². The molecular weight excluding hydrogens is 223 g/mol. The van der Waals surface area contributed by atoms with E-state index in [1.54, 1.807) is 32.0 Å². The van der Waals surface area contributed by atoms with Gasteiger partial charge in [0.15, 0.2) is 0 Å². The van der Waals surface area contributed by atoms with Crippen LogP contribution in [0.3, 0.4) is 0 Å². The van der Waals surface area contributed by atoms with Crippen molar-refractivity contribution < 1.29 is 13.9 Å². The summed E-state index contributed by atoms with van der Waals surface area (Å²) >= 11 is 0. The summed E-state index contributed by atoms with van der Waals surface area (Å²) in [6.07, 6.45) is -0.486. The molecule has 0 saturated heterocycles. The average molecular weight is 240 g/mol. The molecule has 0 heterocycles. The highest BCUT2D eigenvalue weighted by Gasteiger charge is 2.38. The number of hydrogen-bond donors (Lipinski definition) is 2. The zero-order chi connectivity index (χ0) is 13.1.